The van der Waals surface area contributed by atoms with Gasteiger partial charge in [0.2, 0.25) is 0 Å². The molecule has 2 N–H and O–H groups in total. The number of phenols is 2. The van der Waals surface area contributed by atoms with Crippen molar-refractivity contribution in [3.63, 3.8) is 0 Å². The van der Waals surface area contributed by atoms with Crippen LogP contribution in [0.4, 0.5) is 5.69 Å². The average Bonchev–Trinajstić information content (AvgIpc) is 2.89. The van der Waals surface area contributed by atoms with Crippen molar-refractivity contribution >= 4 is 11.6 Å². The fraction of sp³-hybridized carbons (Fsp3) is 0.345. The van der Waals surface area contributed by atoms with Gasteiger partial charge in [0.05, 0.1) is 11.7 Å². The second-order valence-corrected chi connectivity index (χ2v) is 9.38. The lowest BCUT2D eigenvalue weighted by atomic mass is 9.90. The van der Waals surface area contributed by atoms with Gasteiger partial charge in [0.1, 0.15) is 23.9 Å². The van der Waals surface area contributed by atoms with E-state index in [1.54, 1.807) is 35.2 Å². The number of phenolic OH excluding ortho intramolecular Hbond substituents is 2. The SMILES string of the molecule is O=C(c1ccc(OCCN2CCCCC2)cc1)N1c2c(O)cccc2CCC1c1ccc(O)cc1. The summed E-state index contributed by atoms with van der Waals surface area (Å²) in [5.74, 6) is 0.847. The highest BCUT2D eigenvalue weighted by Gasteiger charge is 2.34. The molecule has 6 nitrogen and oxygen atoms in total. The number of piperidine rings is 1. The van der Waals surface area contributed by atoms with E-state index in [1.165, 1.54) is 19.3 Å². The summed E-state index contributed by atoms with van der Waals surface area (Å²) < 4.78 is 5.94. The van der Waals surface area contributed by atoms with Gasteiger partial charge in [-0.2, -0.15) is 0 Å². The number of amides is 1. The minimum Gasteiger partial charge on any atom is -0.508 e. The van der Waals surface area contributed by atoms with Crippen LogP contribution in [0.3, 0.4) is 0 Å². The Hall–Kier alpha value is -3.51. The van der Waals surface area contributed by atoms with Crippen LogP contribution in [0.2, 0.25) is 0 Å². The second-order valence-electron chi connectivity index (χ2n) is 9.38. The lowest BCUT2D eigenvalue weighted by Gasteiger charge is -2.38. The number of nitrogens with zero attached hydrogens (tertiary/aromatic N) is 2. The molecule has 1 unspecified atom stereocenters. The van der Waals surface area contributed by atoms with E-state index in [-0.39, 0.29) is 23.4 Å². The number of ether oxygens (including phenoxy) is 1. The molecule has 1 amide bonds. The predicted molar refractivity (Wildman–Crippen MR) is 136 cm³/mol. The third kappa shape index (κ3) is 5.13. The highest BCUT2D eigenvalue weighted by molar-refractivity contribution is 6.08. The van der Waals surface area contributed by atoms with Crippen LogP contribution in [0.15, 0.2) is 66.7 Å². The van der Waals surface area contributed by atoms with Crippen LogP contribution in [0.5, 0.6) is 17.2 Å². The van der Waals surface area contributed by atoms with Gasteiger partial charge in [-0.05, 0) is 92.4 Å². The standard InChI is InChI=1S/C29H32N2O4/c32-24-12-7-21(8-13-24)26-16-11-22-5-4-6-27(33)28(22)31(26)29(34)23-9-14-25(15-10-23)35-20-19-30-17-2-1-3-18-30/h4-10,12-15,26,32-33H,1-3,11,16-20H2. The van der Waals surface area contributed by atoms with Crippen LogP contribution in [-0.4, -0.2) is 47.3 Å². The van der Waals surface area contributed by atoms with E-state index in [0.717, 1.165) is 49.4 Å². The van der Waals surface area contributed by atoms with Crippen LogP contribution in [-0.2, 0) is 6.42 Å². The lowest BCUT2D eigenvalue weighted by Crippen LogP contribution is -2.38. The molecule has 3 aromatic carbocycles. The fourth-order valence-corrected chi connectivity index (χ4v) is 5.20. The van der Waals surface area contributed by atoms with Gasteiger partial charge in [-0.25, -0.2) is 0 Å². The first-order valence-electron chi connectivity index (χ1n) is 12.5. The topological polar surface area (TPSA) is 73.2 Å². The highest BCUT2D eigenvalue weighted by Crippen LogP contribution is 2.44. The molecule has 35 heavy (non-hydrogen) atoms. The number of aromatic hydroxyl groups is 2. The molecular formula is C29H32N2O4. The molecule has 6 heteroatoms. The summed E-state index contributed by atoms with van der Waals surface area (Å²) >= 11 is 0. The summed E-state index contributed by atoms with van der Waals surface area (Å²) in [4.78, 5) is 18.0. The van der Waals surface area contributed by atoms with Gasteiger partial charge in [0.15, 0.2) is 0 Å². The van der Waals surface area contributed by atoms with Crippen LogP contribution in [0, 0.1) is 0 Å². The molecule has 2 aliphatic heterocycles. The minimum absolute atomic E-state index is 0.0944. The smallest absolute Gasteiger partial charge is 0.258 e. The average molecular weight is 473 g/mol. The summed E-state index contributed by atoms with van der Waals surface area (Å²) in [6.07, 6.45) is 5.32. The number of carbonyl (C=O) groups excluding carboxylic acids is 1. The highest BCUT2D eigenvalue weighted by atomic mass is 16.5. The third-order valence-corrected chi connectivity index (χ3v) is 7.06. The van der Waals surface area contributed by atoms with Crippen LogP contribution in [0.1, 0.15) is 53.2 Å². The third-order valence-electron chi connectivity index (χ3n) is 7.06. The van der Waals surface area contributed by atoms with Crippen molar-refractivity contribution in [1.82, 2.24) is 4.90 Å². The monoisotopic (exact) mass is 472 g/mol. The molecule has 0 aromatic heterocycles. The Labute approximate surface area is 206 Å². The number of aryl methyl sites for hydroxylation is 1. The molecule has 0 bridgehead atoms. The Morgan fingerprint density at radius 2 is 1.66 bits per heavy atom. The zero-order valence-corrected chi connectivity index (χ0v) is 19.9. The largest absolute Gasteiger partial charge is 0.508 e. The molecule has 0 radical (unpaired) electrons. The Kier molecular flexibility index (Phi) is 6.91. The number of fused-ring (bicyclic) bond motifs is 1. The minimum atomic E-state index is -0.246. The maximum Gasteiger partial charge on any atom is 0.258 e. The predicted octanol–water partition coefficient (Wildman–Crippen LogP) is 5.30. The van der Waals surface area contributed by atoms with E-state index in [2.05, 4.69) is 4.90 Å². The molecule has 1 saturated heterocycles. The van der Waals surface area contributed by atoms with Crippen molar-refractivity contribution in [2.24, 2.45) is 0 Å². The molecule has 2 heterocycles. The summed E-state index contributed by atoms with van der Waals surface area (Å²) in [5.41, 5.74) is 2.96. The molecular weight excluding hydrogens is 440 g/mol. The first-order valence-corrected chi connectivity index (χ1v) is 12.5. The summed E-state index contributed by atoms with van der Waals surface area (Å²) in [7, 11) is 0. The Morgan fingerprint density at radius 3 is 2.40 bits per heavy atom. The molecule has 1 atom stereocenters. The van der Waals surface area contributed by atoms with Gasteiger partial charge in [-0.1, -0.05) is 30.7 Å². The first kappa shape index (κ1) is 23.2. The van der Waals surface area contributed by atoms with Crippen molar-refractivity contribution in [1.29, 1.82) is 0 Å². The number of hydrogen-bond acceptors (Lipinski definition) is 5. The molecule has 0 aliphatic carbocycles. The normalized spacial score (nSPS) is 18.2. The number of para-hydroxylation sites is 1. The van der Waals surface area contributed by atoms with Gasteiger partial charge in [0, 0.05) is 12.1 Å². The second kappa shape index (κ2) is 10.4. The molecule has 5 rings (SSSR count). The molecule has 2 aliphatic rings. The lowest BCUT2D eigenvalue weighted by molar-refractivity contribution is 0.0971. The summed E-state index contributed by atoms with van der Waals surface area (Å²) in [5, 5.41) is 20.5. The summed E-state index contributed by atoms with van der Waals surface area (Å²) in [6.45, 7) is 3.83. The van der Waals surface area contributed by atoms with E-state index < -0.39 is 0 Å². The maximum atomic E-state index is 13.8. The van der Waals surface area contributed by atoms with Crippen LogP contribution >= 0.6 is 0 Å². The van der Waals surface area contributed by atoms with Crippen molar-refractivity contribution < 1.29 is 19.7 Å². The number of likely N-dealkylation sites (tertiary alicyclic amines) is 1. The maximum absolute atomic E-state index is 13.8. The van der Waals surface area contributed by atoms with E-state index in [9.17, 15) is 15.0 Å². The number of rotatable bonds is 6. The Balaban J connectivity index is 1.36. The van der Waals surface area contributed by atoms with Gasteiger partial charge >= 0.3 is 0 Å². The van der Waals surface area contributed by atoms with Gasteiger partial charge in [0.25, 0.3) is 5.91 Å². The zero-order valence-electron chi connectivity index (χ0n) is 19.9. The van der Waals surface area contributed by atoms with Gasteiger partial charge in [-0.15, -0.1) is 0 Å². The number of hydrogen-bond donors (Lipinski definition) is 2. The van der Waals surface area contributed by atoms with E-state index in [1.807, 2.05) is 36.4 Å². The molecule has 3 aromatic rings. The van der Waals surface area contributed by atoms with Crippen molar-refractivity contribution in [3.05, 3.63) is 83.4 Å². The zero-order chi connectivity index (χ0) is 24.2. The van der Waals surface area contributed by atoms with Crippen molar-refractivity contribution in [2.45, 2.75) is 38.1 Å². The number of carbonyl (C=O) groups is 1. The van der Waals surface area contributed by atoms with Gasteiger partial charge < -0.3 is 14.9 Å². The van der Waals surface area contributed by atoms with Crippen molar-refractivity contribution in [3.8, 4) is 17.2 Å². The number of anilines is 1. The molecule has 0 spiro atoms. The number of benzene rings is 3. The first-order chi connectivity index (χ1) is 17.1. The Morgan fingerprint density at radius 1 is 0.914 bits per heavy atom. The van der Waals surface area contributed by atoms with Crippen molar-refractivity contribution in [2.75, 3.05) is 31.1 Å². The quantitative estimate of drug-likeness (QED) is 0.510. The summed E-state index contributed by atoms with van der Waals surface area (Å²) in [6, 6.07) is 19.4. The van der Waals surface area contributed by atoms with E-state index >= 15 is 0 Å². The molecule has 0 saturated carbocycles. The van der Waals surface area contributed by atoms with Gasteiger partial charge in [-0.3, -0.25) is 14.6 Å². The molecule has 182 valence electrons. The van der Waals surface area contributed by atoms with Crippen LogP contribution < -0.4 is 9.64 Å². The fourth-order valence-electron chi connectivity index (χ4n) is 5.20. The van der Waals surface area contributed by atoms with Crippen LogP contribution in [0.25, 0.3) is 0 Å². The molecule has 1 fully saturated rings. The Bertz CT molecular complexity index is 1150. The van der Waals surface area contributed by atoms with E-state index in [4.69, 9.17) is 4.74 Å². The van der Waals surface area contributed by atoms with E-state index in [0.29, 0.717) is 17.9 Å².